The number of amides is 3. The number of aryl methyl sites for hydroxylation is 1. The number of halogens is 1. The topological polar surface area (TPSA) is 87.7 Å². The van der Waals surface area contributed by atoms with Crippen molar-refractivity contribution >= 4 is 47.8 Å². The van der Waals surface area contributed by atoms with Gasteiger partial charge < -0.3 is 15.4 Å². The van der Waals surface area contributed by atoms with Gasteiger partial charge in [0.15, 0.2) is 6.04 Å². The Kier molecular flexibility index (Phi) is 9.86. The first-order valence-corrected chi connectivity index (χ1v) is 12.0. The zero-order valence-electron chi connectivity index (χ0n) is 20.5. The van der Waals surface area contributed by atoms with Gasteiger partial charge in [-0.05, 0) is 45.4 Å². The summed E-state index contributed by atoms with van der Waals surface area (Å²) in [5.74, 6) is 1.02. The normalized spacial score (nSPS) is 12.3. The summed E-state index contributed by atoms with van der Waals surface area (Å²) < 4.78 is 5.24. The van der Waals surface area contributed by atoms with Crippen molar-refractivity contribution < 1.29 is 19.1 Å². The van der Waals surface area contributed by atoms with Crippen LogP contribution in [0.2, 0.25) is 5.02 Å². The number of rotatable bonds is 7. The lowest BCUT2D eigenvalue weighted by molar-refractivity contribution is -0.136. The summed E-state index contributed by atoms with van der Waals surface area (Å²) >= 11 is 10.5. The second-order valence-corrected chi connectivity index (χ2v) is 9.55. The molecule has 0 spiro atoms. The van der Waals surface area contributed by atoms with E-state index >= 15 is 0 Å². The van der Waals surface area contributed by atoms with Crippen molar-refractivity contribution in [2.75, 3.05) is 11.1 Å². The second-order valence-electron chi connectivity index (χ2n) is 8.77. The molecule has 9 heteroatoms. The molecule has 0 bridgehead atoms. The molecule has 0 aliphatic heterocycles. The van der Waals surface area contributed by atoms with E-state index in [1.165, 1.54) is 0 Å². The molecule has 2 N–H and O–H groups in total. The minimum atomic E-state index is -1.34. The average molecular weight is 526 g/mol. The number of carbonyl (C=O) groups excluding carboxylic acids is 3. The molecule has 0 aromatic heterocycles. The van der Waals surface area contributed by atoms with Gasteiger partial charge in [-0.15, -0.1) is 6.42 Å². The van der Waals surface area contributed by atoms with Crippen molar-refractivity contribution in [1.29, 1.82) is 0 Å². The molecule has 0 aliphatic carbocycles. The number of benzene rings is 2. The smallest absolute Gasteiger partial charge is 0.408 e. The van der Waals surface area contributed by atoms with Crippen LogP contribution < -0.4 is 10.6 Å². The van der Waals surface area contributed by atoms with Gasteiger partial charge in [-0.2, -0.15) is 12.6 Å². The first kappa shape index (κ1) is 28.6. The second kappa shape index (κ2) is 12.4. The molecule has 7 nitrogen and oxygen atoms in total. The summed E-state index contributed by atoms with van der Waals surface area (Å²) in [6, 6.07) is 11.5. The third-order valence-corrected chi connectivity index (χ3v) is 5.62. The number of ether oxygens (including phenoxy) is 1. The van der Waals surface area contributed by atoms with Crippen LogP contribution in [0.4, 0.5) is 10.5 Å². The van der Waals surface area contributed by atoms with Gasteiger partial charge in [0.05, 0.1) is 10.7 Å². The lowest BCUT2D eigenvalue weighted by Crippen LogP contribution is -2.51. The number of nitrogens with zero attached hydrogens (tertiary/aromatic N) is 1. The number of nitrogens with one attached hydrogen (secondary N) is 2. The highest BCUT2D eigenvalue weighted by Gasteiger charge is 2.36. The van der Waals surface area contributed by atoms with E-state index in [4.69, 9.17) is 29.2 Å². The van der Waals surface area contributed by atoms with Crippen LogP contribution in [0.3, 0.4) is 0 Å². The molecular weight excluding hydrogens is 498 g/mol. The SMILES string of the molecule is C#Cc1ccccc1C(C(=O)Nc1c(C)cccc1Cl)N(C#C)C(=O)C(CS)NC(=O)OC(C)(C)C. The Morgan fingerprint density at radius 1 is 1.14 bits per heavy atom. The zero-order valence-corrected chi connectivity index (χ0v) is 22.1. The highest BCUT2D eigenvalue weighted by Crippen LogP contribution is 2.30. The number of hydrogen-bond donors (Lipinski definition) is 3. The molecule has 2 unspecified atom stereocenters. The lowest BCUT2D eigenvalue weighted by atomic mass is 9.98. The number of anilines is 1. The third-order valence-electron chi connectivity index (χ3n) is 4.94. The van der Waals surface area contributed by atoms with E-state index in [0.717, 1.165) is 4.90 Å². The van der Waals surface area contributed by atoms with Crippen molar-refractivity contribution in [2.45, 2.75) is 45.4 Å². The van der Waals surface area contributed by atoms with Crippen LogP contribution >= 0.6 is 24.2 Å². The molecule has 0 saturated carbocycles. The lowest BCUT2D eigenvalue weighted by Gasteiger charge is -2.30. The fraction of sp³-hybridized carbons (Fsp3) is 0.296. The number of hydrogen-bond acceptors (Lipinski definition) is 5. The van der Waals surface area contributed by atoms with Crippen LogP contribution in [0.25, 0.3) is 0 Å². The van der Waals surface area contributed by atoms with Gasteiger partial charge in [-0.25, -0.2) is 4.79 Å². The Bertz CT molecular complexity index is 1210. The maximum atomic E-state index is 13.7. The van der Waals surface area contributed by atoms with Gasteiger partial charge in [-0.3, -0.25) is 14.5 Å². The molecule has 188 valence electrons. The van der Waals surface area contributed by atoms with Crippen LogP contribution in [0.1, 0.15) is 43.5 Å². The van der Waals surface area contributed by atoms with Crippen LogP contribution in [-0.2, 0) is 14.3 Å². The van der Waals surface area contributed by atoms with Crippen molar-refractivity contribution in [3.63, 3.8) is 0 Å². The monoisotopic (exact) mass is 525 g/mol. The largest absolute Gasteiger partial charge is 0.444 e. The Morgan fingerprint density at radius 2 is 1.81 bits per heavy atom. The maximum Gasteiger partial charge on any atom is 0.408 e. The summed E-state index contributed by atoms with van der Waals surface area (Å²) in [6.07, 6.45) is 10.6. The molecular formula is C27H28ClN3O4S. The Balaban J connectivity index is 2.52. The molecule has 0 aliphatic rings. The molecule has 0 radical (unpaired) electrons. The van der Waals surface area contributed by atoms with E-state index in [1.807, 2.05) is 0 Å². The number of thiol groups is 1. The molecule has 36 heavy (non-hydrogen) atoms. The van der Waals surface area contributed by atoms with Crippen LogP contribution in [0, 0.1) is 31.7 Å². The fourth-order valence-corrected chi connectivity index (χ4v) is 3.83. The standard InChI is InChI=1S/C27H28ClN3O4S/c1-7-18-13-9-10-14-19(18)23(24(32)30-22-17(3)12-11-15-20(22)28)31(8-2)25(33)21(16-36)29-26(34)35-27(4,5)6/h1-2,9-15,21,23,36H,16H2,3-6H3,(H,29,34)(H,30,32). The minimum Gasteiger partial charge on any atom is -0.444 e. The number of alkyl carbamates (subject to hydrolysis) is 1. The van der Waals surface area contributed by atoms with Crippen molar-refractivity contribution in [1.82, 2.24) is 10.2 Å². The van der Waals surface area contributed by atoms with Crippen LogP contribution in [0.15, 0.2) is 42.5 Å². The summed E-state index contributed by atoms with van der Waals surface area (Å²) in [6.45, 7) is 6.83. The van der Waals surface area contributed by atoms with E-state index in [1.54, 1.807) is 70.2 Å². The molecule has 2 aromatic carbocycles. The van der Waals surface area contributed by atoms with Gasteiger partial charge in [0.2, 0.25) is 0 Å². The van der Waals surface area contributed by atoms with Gasteiger partial charge in [0.25, 0.3) is 11.8 Å². The van der Waals surface area contributed by atoms with Gasteiger partial charge in [-0.1, -0.05) is 54.3 Å². The summed E-state index contributed by atoms with van der Waals surface area (Å²) in [7, 11) is 0. The van der Waals surface area contributed by atoms with Crippen molar-refractivity contribution in [2.24, 2.45) is 0 Å². The van der Waals surface area contributed by atoms with E-state index in [2.05, 4.69) is 35.2 Å². The average Bonchev–Trinajstić information content (AvgIpc) is 2.81. The number of para-hydroxylation sites is 1. The highest BCUT2D eigenvalue weighted by molar-refractivity contribution is 7.80. The Hall–Kier alpha value is -3.59. The van der Waals surface area contributed by atoms with E-state index in [9.17, 15) is 14.4 Å². The van der Waals surface area contributed by atoms with Gasteiger partial charge in [0, 0.05) is 22.9 Å². The summed E-state index contributed by atoms with van der Waals surface area (Å²) in [5.41, 5.74) is 0.974. The predicted octanol–water partition coefficient (Wildman–Crippen LogP) is 4.55. The summed E-state index contributed by atoms with van der Waals surface area (Å²) in [5, 5.41) is 5.54. The van der Waals surface area contributed by atoms with Crippen LogP contribution in [-0.4, -0.2) is 40.2 Å². The van der Waals surface area contributed by atoms with Crippen molar-refractivity contribution in [3.05, 3.63) is 64.2 Å². The fourth-order valence-electron chi connectivity index (χ4n) is 3.31. The molecule has 2 rings (SSSR count). The number of terminal acetylenes is 2. The van der Waals surface area contributed by atoms with Gasteiger partial charge in [0.1, 0.15) is 11.6 Å². The molecule has 2 aromatic rings. The van der Waals surface area contributed by atoms with Gasteiger partial charge >= 0.3 is 6.09 Å². The first-order chi connectivity index (χ1) is 16.9. The molecule has 0 saturated heterocycles. The molecule has 2 atom stereocenters. The maximum absolute atomic E-state index is 13.7. The molecule has 3 amide bonds. The predicted molar refractivity (Wildman–Crippen MR) is 145 cm³/mol. The summed E-state index contributed by atoms with van der Waals surface area (Å²) in [4.78, 5) is 40.4. The molecule has 0 heterocycles. The quantitative estimate of drug-likeness (QED) is 0.281. The Morgan fingerprint density at radius 3 is 2.36 bits per heavy atom. The highest BCUT2D eigenvalue weighted by atomic mass is 35.5. The minimum absolute atomic E-state index is 0.106. The van der Waals surface area contributed by atoms with Crippen LogP contribution in [0.5, 0.6) is 0 Å². The Labute approximate surface area is 222 Å². The van der Waals surface area contributed by atoms with E-state index < -0.39 is 35.6 Å². The molecule has 0 fully saturated rings. The third kappa shape index (κ3) is 7.21. The zero-order chi connectivity index (χ0) is 27.0. The first-order valence-electron chi connectivity index (χ1n) is 10.9. The number of carbonyl (C=O) groups is 3. The van der Waals surface area contributed by atoms with E-state index in [-0.39, 0.29) is 5.75 Å². The van der Waals surface area contributed by atoms with E-state index in [0.29, 0.717) is 27.4 Å². The van der Waals surface area contributed by atoms with Crippen molar-refractivity contribution in [3.8, 4) is 24.8 Å².